The van der Waals surface area contributed by atoms with Gasteiger partial charge in [-0.2, -0.15) is 27.1 Å². The zero-order valence-electron chi connectivity index (χ0n) is 20.7. The molecule has 204 valence electrons. The summed E-state index contributed by atoms with van der Waals surface area (Å²) in [6.07, 6.45) is -5.93. The second kappa shape index (κ2) is 9.99. The monoisotopic (exact) mass is 547 g/mol. The van der Waals surface area contributed by atoms with E-state index in [0.29, 0.717) is 43.3 Å². The molecule has 12 heteroatoms. The van der Waals surface area contributed by atoms with E-state index in [4.69, 9.17) is 0 Å². The number of alkyl halides is 5. The zero-order chi connectivity index (χ0) is 27.9. The molecule has 1 aliphatic rings. The van der Waals surface area contributed by atoms with Gasteiger partial charge in [0.1, 0.15) is 11.5 Å². The van der Waals surface area contributed by atoms with Crippen LogP contribution < -0.4 is 0 Å². The fourth-order valence-corrected chi connectivity index (χ4v) is 4.44. The molecule has 1 amide bonds. The second-order valence-corrected chi connectivity index (χ2v) is 9.46. The van der Waals surface area contributed by atoms with Crippen molar-refractivity contribution in [2.45, 2.75) is 25.6 Å². The third kappa shape index (κ3) is 5.33. The number of hydrogen-bond donors (Lipinski definition) is 0. The van der Waals surface area contributed by atoms with Crippen LogP contribution in [0.15, 0.2) is 60.7 Å². The Labute approximate surface area is 219 Å². The third-order valence-electron chi connectivity index (χ3n) is 6.65. The van der Waals surface area contributed by atoms with Crippen LogP contribution in [0.2, 0.25) is 0 Å². The molecule has 1 saturated heterocycles. The molecule has 0 N–H and O–H groups in total. The number of rotatable bonds is 5. The van der Waals surface area contributed by atoms with Gasteiger partial charge < -0.3 is 4.90 Å². The molecule has 0 saturated carbocycles. The molecule has 1 aliphatic heterocycles. The lowest BCUT2D eigenvalue weighted by molar-refractivity contribution is -0.291. The van der Waals surface area contributed by atoms with E-state index >= 15 is 0 Å². The summed E-state index contributed by atoms with van der Waals surface area (Å²) in [7, 11) is 0. The SMILES string of the molecule is Cc1ccc(CN2CCN(C(=O)c3cc4nc(-c5ccc(F)cc5)cc(C(F)(F)C(F)(F)F)n4n3)CC2)cc1. The first-order valence-electron chi connectivity index (χ1n) is 12.1. The number of halogens is 6. The van der Waals surface area contributed by atoms with E-state index < -0.39 is 29.5 Å². The standard InChI is InChI=1S/C27H23F6N5O/c1-17-2-4-18(5-3-17)16-36-10-12-37(13-11-36)25(39)22-15-24-34-21(19-6-8-20(28)9-7-19)14-23(38(24)35-22)26(29,30)27(31,32)33/h2-9,14-15H,10-13,16H2,1H3. The van der Waals surface area contributed by atoms with Crippen molar-refractivity contribution in [1.29, 1.82) is 0 Å². The second-order valence-electron chi connectivity index (χ2n) is 9.46. The smallest absolute Gasteiger partial charge is 0.335 e. The van der Waals surface area contributed by atoms with Crippen molar-refractivity contribution in [3.05, 3.63) is 89.0 Å². The lowest BCUT2D eigenvalue weighted by Gasteiger charge is -2.34. The molecule has 0 atom stereocenters. The van der Waals surface area contributed by atoms with Crippen LogP contribution in [0.25, 0.3) is 16.9 Å². The van der Waals surface area contributed by atoms with Gasteiger partial charge in [-0.3, -0.25) is 9.69 Å². The number of aromatic nitrogens is 3. The summed E-state index contributed by atoms with van der Waals surface area (Å²) in [5.41, 5.74) is -0.00996. The van der Waals surface area contributed by atoms with Crippen molar-refractivity contribution < 1.29 is 31.1 Å². The van der Waals surface area contributed by atoms with E-state index in [-0.39, 0.29) is 22.6 Å². The van der Waals surface area contributed by atoms with Gasteiger partial charge in [0, 0.05) is 44.4 Å². The molecule has 4 aromatic rings. The molecular formula is C27H23F6N5O. The van der Waals surface area contributed by atoms with Crippen LogP contribution in [0.4, 0.5) is 26.3 Å². The summed E-state index contributed by atoms with van der Waals surface area (Å²) in [4.78, 5) is 21.0. The average molecular weight is 548 g/mol. The summed E-state index contributed by atoms with van der Waals surface area (Å²) in [6, 6.07) is 14.2. The number of carbonyl (C=O) groups excluding carboxylic acids is 1. The average Bonchev–Trinajstić information content (AvgIpc) is 3.33. The molecule has 0 spiro atoms. The van der Waals surface area contributed by atoms with E-state index in [1.54, 1.807) is 0 Å². The number of piperazine rings is 1. The molecular weight excluding hydrogens is 524 g/mol. The molecule has 0 aliphatic carbocycles. The summed E-state index contributed by atoms with van der Waals surface area (Å²) in [5, 5.41) is 3.82. The first-order valence-corrected chi connectivity index (χ1v) is 12.1. The zero-order valence-corrected chi connectivity index (χ0v) is 20.7. The van der Waals surface area contributed by atoms with Crippen LogP contribution in [0.1, 0.15) is 27.3 Å². The number of fused-ring (bicyclic) bond motifs is 1. The van der Waals surface area contributed by atoms with Gasteiger partial charge in [0.2, 0.25) is 0 Å². The van der Waals surface area contributed by atoms with E-state index in [0.717, 1.165) is 29.3 Å². The van der Waals surface area contributed by atoms with Gasteiger partial charge in [-0.05, 0) is 42.8 Å². The van der Waals surface area contributed by atoms with Gasteiger partial charge in [0.05, 0.1) is 5.69 Å². The number of amides is 1. The quantitative estimate of drug-likeness (QED) is 0.312. The van der Waals surface area contributed by atoms with Crippen molar-refractivity contribution >= 4 is 11.6 Å². The first kappa shape index (κ1) is 26.7. The largest absolute Gasteiger partial charge is 0.459 e. The molecule has 2 aromatic carbocycles. The fraction of sp³-hybridized carbons (Fsp3) is 0.296. The molecule has 6 nitrogen and oxygen atoms in total. The fourth-order valence-electron chi connectivity index (χ4n) is 4.44. The molecule has 3 heterocycles. The Bertz CT molecular complexity index is 1490. The lowest BCUT2D eigenvalue weighted by atomic mass is 10.1. The van der Waals surface area contributed by atoms with Gasteiger partial charge in [-0.1, -0.05) is 29.8 Å². The molecule has 5 rings (SSSR count). The van der Waals surface area contributed by atoms with Crippen LogP contribution in [0.5, 0.6) is 0 Å². The highest BCUT2D eigenvalue weighted by atomic mass is 19.4. The Morgan fingerprint density at radius 3 is 2.15 bits per heavy atom. The highest BCUT2D eigenvalue weighted by molar-refractivity contribution is 5.93. The summed E-state index contributed by atoms with van der Waals surface area (Å²) < 4.78 is 83.0. The Balaban J connectivity index is 1.42. The highest BCUT2D eigenvalue weighted by Crippen LogP contribution is 2.44. The minimum Gasteiger partial charge on any atom is -0.335 e. The van der Waals surface area contributed by atoms with Gasteiger partial charge in [-0.15, -0.1) is 0 Å². The Morgan fingerprint density at radius 1 is 0.897 bits per heavy atom. The van der Waals surface area contributed by atoms with Crippen LogP contribution in [0, 0.1) is 12.7 Å². The van der Waals surface area contributed by atoms with Crippen molar-refractivity contribution in [3.63, 3.8) is 0 Å². The highest BCUT2D eigenvalue weighted by Gasteiger charge is 2.60. The van der Waals surface area contributed by atoms with Crippen LogP contribution >= 0.6 is 0 Å². The third-order valence-corrected chi connectivity index (χ3v) is 6.65. The van der Waals surface area contributed by atoms with E-state index in [2.05, 4.69) is 15.0 Å². The first-order chi connectivity index (χ1) is 18.4. The number of nitrogens with zero attached hydrogens (tertiary/aromatic N) is 5. The number of aryl methyl sites for hydroxylation is 1. The van der Waals surface area contributed by atoms with Crippen molar-refractivity contribution in [2.24, 2.45) is 0 Å². The van der Waals surface area contributed by atoms with E-state index in [1.165, 1.54) is 17.0 Å². The summed E-state index contributed by atoms with van der Waals surface area (Å²) >= 11 is 0. The Hall–Kier alpha value is -3.93. The molecule has 1 fully saturated rings. The minimum atomic E-state index is -5.93. The lowest BCUT2D eigenvalue weighted by Crippen LogP contribution is -2.48. The van der Waals surface area contributed by atoms with E-state index in [1.807, 2.05) is 31.2 Å². The van der Waals surface area contributed by atoms with Crippen molar-refractivity contribution in [2.75, 3.05) is 26.2 Å². The van der Waals surface area contributed by atoms with Crippen LogP contribution in [-0.2, 0) is 12.5 Å². The Morgan fingerprint density at radius 2 is 1.54 bits per heavy atom. The minimum absolute atomic E-state index is 0.122. The molecule has 0 bridgehead atoms. The van der Waals surface area contributed by atoms with Gasteiger partial charge in [-0.25, -0.2) is 13.9 Å². The summed E-state index contributed by atoms with van der Waals surface area (Å²) in [5.74, 6) is -6.51. The number of benzene rings is 2. The van der Waals surface area contributed by atoms with Gasteiger partial charge in [0.25, 0.3) is 5.91 Å². The maximum atomic E-state index is 14.6. The van der Waals surface area contributed by atoms with E-state index in [9.17, 15) is 31.1 Å². The van der Waals surface area contributed by atoms with Crippen LogP contribution in [0.3, 0.4) is 0 Å². The maximum Gasteiger partial charge on any atom is 0.459 e. The summed E-state index contributed by atoms with van der Waals surface area (Å²) in [6.45, 7) is 4.47. The number of hydrogen-bond acceptors (Lipinski definition) is 4. The molecule has 2 aromatic heterocycles. The topological polar surface area (TPSA) is 53.7 Å². The maximum absolute atomic E-state index is 14.6. The molecule has 0 unspecified atom stereocenters. The van der Waals surface area contributed by atoms with Crippen LogP contribution in [-0.4, -0.2) is 62.7 Å². The van der Waals surface area contributed by atoms with Gasteiger partial charge in [0.15, 0.2) is 11.3 Å². The molecule has 39 heavy (non-hydrogen) atoms. The van der Waals surface area contributed by atoms with Crippen molar-refractivity contribution in [1.82, 2.24) is 24.4 Å². The number of carbonyl (C=O) groups is 1. The van der Waals surface area contributed by atoms with Gasteiger partial charge >= 0.3 is 12.1 Å². The Kier molecular flexibility index (Phi) is 6.83. The predicted molar refractivity (Wildman–Crippen MR) is 131 cm³/mol. The predicted octanol–water partition coefficient (Wildman–Crippen LogP) is 5.46. The van der Waals surface area contributed by atoms with Crippen molar-refractivity contribution in [3.8, 4) is 11.3 Å². The normalized spacial score (nSPS) is 15.2. The molecule has 0 radical (unpaired) electrons.